The monoisotopic (exact) mass is 837 g/mol. The summed E-state index contributed by atoms with van der Waals surface area (Å²) < 4.78 is 2.53. The van der Waals surface area contributed by atoms with Crippen molar-refractivity contribution in [1.82, 2.24) is 14.5 Å². The second-order valence-electron chi connectivity index (χ2n) is 17.6. The first kappa shape index (κ1) is 36.8. The zero-order valence-corrected chi connectivity index (χ0v) is 35.9. The van der Waals surface area contributed by atoms with Crippen LogP contribution in [0.5, 0.6) is 0 Å². The Bertz CT molecular complexity index is 3890. The second-order valence-corrected chi connectivity index (χ2v) is 17.6. The lowest BCUT2D eigenvalue weighted by molar-refractivity contribution is 0.748. The van der Waals surface area contributed by atoms with E-state index in [0.29, 0.717) is 5.82 Å². The molecular weight excluding hydrogens is 799 g/mol. The Kier molecular flexibility index (Phi) is 7.90. The van der Waals surface area contributed by atoms with Gasteiger partial charge in [-0.25, -0.2) is 9.97 Å². The Balaban J connectivity index is 0.999. The molecule has 1 spiro atoms. The fraction of sp³-hybridized carbons (Fsp3) is 0.0159. The van der Waals surface area contributed by atoms with E-state index in [1.807, 2.05) is 0 Å². The van der Waals surface area contributed by atoms with Crippen molar-refractivity contribution in [2.45, 2.75) is 5.41 Å². The van der Waals surface area contributed by atoms with E-state index in [4.69, 9.17) is 9.97 Å². The molecule has 0 N–H and O–H groups in total. The molecule has 0 saturated carbocycles. The smallest absolute Gasteiger partial charge is 0.160 e. The van der Waals surface area contributed by atoms with E-state index >= 15 is 0 Å². The van der Waals surface area contributed by atoms with Gasteiger partial charge in [0.2, 0.25) is 0 Å². The third kappa shape index (κ3) is 5.14. The summed E-state index contributed by atoms with van der Waals surface area (Å²) in [6, 6.07) is 86.1. The van der Waals surface area contributed by atoms with E-state index in [1.165, 1.54) is 83.0 Å². The number of nitrogens with zero attached hydrogens (tertiary/aromatic N) is 3. The zero-order valence-electron chi connectivity index (χ0n) is 35.9. The number of rotatable bonds is 5. The summed E-state index contributed by atoms with van der Waals surface area (Å²) >= 11 is 0. The Hall–Kier alpha value is -8.66. The van der Waals surface area contributed by atoms with E-state index in [9.17, 15) is 0 Å². The molecule has 0 saturated heterocycles. The van der Waals surface area contributed by atoms with Crippen molar-refractivity contribution < 1.29 is 0 Å². The summed E-state index contributed by atoms with van der Waals surface area (Å²) in [6.07, 6.45) is 0. The van der Waals surface area contributed by atoms with Crippen molar-refractivity contribution in [3.05, 3.63) is 259 Å². The molecule has 306 valence electrons. The molecule has 1 aliphatic carbocycles. The molecule has 14 rings (SSSR count). The van der Waals surface area contributed by atoms with Gasteiger partial charge in [0.05, 0.1) is 33.5 Å². The Morgan fingerprint density at radius 1 is 0.318 bits per heavy atom. The average molecular weight is 838 g/mol. The fourth-order valence-corrected chi connectivity index (χ4v) is 11.5. The number of fused-ring (bicyclic) bond motifs is 13. The highest BCUT2D eigenvalue weighted by Gasteiger charge is 2.50. The Morgan fingerprint density at radius 2 is 0.864 bits per heavy atom. The minimum atomic E-state index is -0.488. The maximum atomic E-state index is 5.44. The predicted octanol–water partition coefficient (Wildman–Crippen LogP) is 15.7. The highest BCUT2D eigenvalue weighted by molar-refractivity contribution is 6.18. The zero-order chi connectivity index (χ0) is 43.3. The van der Waals surface area contributed by atoms with Crippen LogP contribution in [0.15, 0.2) is 237 Å². The molecule has 3 nitrogen and oxygen atoms in total. The normalized spacial score (nSPS) is 13.0. The van der Waals surface area contributed by atoms with Gasteiger partial charge in [0, 0.05) is 27.5 Å². The third-order valence-electron chi connectivity index (χ3n) is 14.2. The van der Waals surface area contributed by atoms with Crippen molar-refractivity contribution in [3.8, 4) is 73.0 Å². The molecule has 0 bridgehead atoms. The third-order valence-corrected chi connectivity index (χ3v) is 14.2. The van der Waals surface area contributed by atoms with Gasteiger partial charge in [0.25, 0.3) is 0 Å². The van der Waals surface area contributed by atoms with Gasteiger partial charge in [-0.15, -0.1) is 0 Å². The van der Waals surface area contributed by atoms with Crippen LogP contribution in [0.3, 0.4) is 0 Å². The maximum absolute atomic E-state index is 5.44. The summed E-state index contributed by atoms with van der Waals surface area (Å²) in [7, 11) is 0. The van der Waals surface area contributed by atoms with E-state index in [2.05, 4.69) is 241 Å². The van der Waals surface area contributed by atoms with E-state index in [1.54, 1.807) is 0 Å². The number of aromatic nitrogens is 3. The molecule has 10 aromatic carbocycles. The first-order valence-corrected chi connectivity index (χ1v) is 22.7. The molecule has 2 aliphatic rings. The molecule has 12 aromatic rings. The van der Waals surface area contributed by atoms with Crippen molar-refractivity contribution >= 4 is 32.6 Å². The van der Waals surface area contributed by atoms with Gasteiger partial charge in [-0.2, -0.15) is 0 Å². The van der Waals surface area contributed by atoms with Crippen LogP contribution in [0.1, 0.15) is 22.3 Å². The first-order chi connectivity index (χ1) is 32.8. The van der Waals surface area contributed by atoms with E-state index < -0.39 is 5.41 Å². The molecule has 66 heavy (non-hydrogen) atoms. The lowest BCUT2D eigenvalue weighted by Crippen LogP contribution is -2.33. The second kappa shape index (κ2) is 14.2. The topological polar surface area (TPSA) is 30.7 Å². The fourth-order valence-electron chi connectivity index (χ4n) is 11.5. The lowest BCUT2D eigenvalue weighted by atomic mass is 9.65. The molecule has 0 fully saturated rings. The number of para-hydroxylation sites is 2. The lowest BCUT2D eigenvalue weighted by Gasteiger charge is -2.39. The van der Waals surface area contributed by atoms with Crippen LogP contribution in [0, 0.1) is 0 Å². The molecule has 0 atom stereocenters. The molecule has 0 amide bonds. The molecule has 1 aliphatic heterocycles. The van der Waals surface area contributed by atoms with Crippen molar-refractivity contribution in [1.29, 1.82) is 0 Å². The molecule has 2 aromatic heterocycles. The summed E-state index contributed by atoms with van der Waals surface area (Å²) in [5.41, 5.74) is 20.6. The average Bonchev–Trinajstić information content (AvgIpc) is 3.90. The summed E-state index contributed by atoms with van der Waals surface area (Å²) in [5.74, 6) is 0.688. The van der Waals surface area contributed by atoms with Gasteiger partial charge in [0.15, 0.2) is 5.82 Å². The predicted molar refractivity (Wildman–Crippen MR) is 272 cm³/mol. The van der Waals surface area contributed by atoms with Crippen molar-refractivity contribution in [2.24, 2.45) is 0 Å². The van der Waals surface area contributed by atoms with Crippen molar-refractivity contribution in [2.75, 3.05) is 0 Å². The number of hydrogen-bond donors (Lipinski definition) is 0. The highest BCUT2D eigenvalue weighted by Crippen LogP contribution is 2.61. The molecule has 3 heteroatoms. The van der Waals surface area contributed by atoms with Crippen LogP contribution >= 0.6 is 0 Å². The number of benzene rings is 10. The Morgan fingerprint density at radius 3 is 1.62 bits per heavy atom. The molecule has 3 heterocycles. The van der Waals surface area contributed by atoms with Crippen molar-refractivity contribution in [3.63, 3.8) is 0 Å². The molecular formula is C63H39N3. The van der Waals surface area contributed by atoms with E-state index in [0.717, 1.165) is 39.0 Å². The maximum Gasteiger partial charge on any atom is 0.160 e. The molecule has 0 radical (unpaired) electrons. The van der Waals surface area contributed by atoms with Crippen LogP contribution in [-0.2, 0) is 5.41 Å². The summed E-state index contributed by atoms with van der Waals surface area (Å²) in [4.78, 5) is 10.8. The quantitative estimate of drug-likeness (QED) is 0.173. The first-order valence-electron chi connectivity index (χ1n) is 22.7. The minimum Gasteiger partial charge on any atom is -0.309 e. The number of hydrogen-bond acceptors (Lipinski definition) is 2. The largest absolute Gasteiger partial charge is 0.309 e. The van der Waals surface area contributed by atoms with Gasteiger partial charge in [-0.1, -0.05) is 212 Å². The van der Waals surface area contributed by atoms with Gasteiger partial charge < -0.3 is 4.57 Å². The minimum absolute atomic E-state index is 0.488. The van der Waals surface area contributed by atoms with E-state index in [-0.39, 0.29) is 0 Å². The SMILES string of the molecule is c1ccc(-c2cc(-c3ccc(-c4ccccc4)c4ccccc34)nc(-c3cccc(-c4ccc5c6c4c4ccccc4n6-c4ccccc4C54c5ccccc5-c5ccccc54)c3)n2)cc1. The van der Waals surface area contributed by atoms with Gasteiger partial charge in [0.1, 0.15) is 0 Å². The summed E-state index contributed by atoms with van der Waals surface area (Å²) in [5, 5.41) is 4.83. The van der Waals surface area contributed by atoms with Crippen LogP contribution < -0.4 is 0 Å². The van der Waals surface area contributed by atoms with Crippen LogP contribution in [0.2, 0.25) is 0 Å². The molecule has 0 unspecified atom stereocenters. The van der Waals surface area contributed by atoms with Crippen LogP contribution in [0.25, 0.3) is 106 Å². The van der Waals surface area contributed by atoms with Gasteiger partial charge >= 0.3 is 0 Å². The van der Waals surface area contributed by atoms with Crippen LogP contribution in [-0.4, -0.2) is 14.5 Å². The highest BCUT2D eigenvalue weighted by atomic mass is 15.0. The van der Waals surface area contributed by atoms with Crippen LogP contribution in [0.4, 0.5) is 0 Å². The summed E-state index contributed by atoms with van der Waals surface area (Å²) in [6.45, 7) is 0. The van der Waals surface area contributed by atoms with Gasteiger partial charge in [-0.3, -0.25) is 0 Å². The Labute approximate surface area is 382 Å². The van der Waals surface area contributed by atoms with Gasteiger partial charge in [-0.05, 0) is 90.7 Å². The standard InChI is InChI=1S/C63H39N3/c1-3-18-40(19-4-1)44-34-35-50(47-25-8-7-24-46(44)47)57-39-56(41-20-5-2-6-21-41)64-62(65-57)43-23-17-22-42(38-43)45-36-37-55-61-60(45)51-28-11-15-32-58(51)66(61)59-33-16-14-31-54(59)63(55)52-29-12-9-26-48(52)49-27-10-13-30-53(49)63/h1-39H.